The molecule has 0 aliphatic carbocycles. The molecule has 1 heterocycles. The van der Waals surface area contributed by atoms with Crippen LogP contribution in [0.2, 0.25) is 0 Å². The van der Waals surface area contributed by atoms with Crippen molar-refractivity contribution in [2.75, 3.05) is 20.4 Å². The highest BCUT2D eigenvalue weighted by molar-refractivity contribution is 5.99. The highest BCUT2D eigenvalue weighted by Crippen LogP contribution is 2.29. The zero-order valence-electron chi connectivity index (χ0n) is 30.8. The van der Waals surface area contributed by atoms with Crippen LogP contribution in [-0.2, 0) is 40.2 Å². The summed E-state index contributed by atoms with van der Waals surface area (Å²) in [4.78, 5) is 91.9. The van der Waals surface area contributed by atoms with Crippen molar-refractivity contribution in [3.63, 3.8) is 0 Å². The van der Waals surface area contributed by atoms with Gasteiger partial charge in [0.15, 0.2) is 12.4 Å². The molecule has 1 aromatic heterocycles. The average Bonchev–Trinajstić information content (AvgIpc) is 3.68. The van der Waals surface area contributed by atoms with Gasteiger partial charge < -0.3 is 40.1 Å². The topological polar surface area (TPSA) is 240 Å². The summed E-state index contributed by atoms with van der Waals surface area (Å²) in [7, 11) is 1.15. The number of aliphatic carboxylic acids is 2. The molecule has 17 heteroatoms. The number of hydroxylamine groups is 2. The molecule has 0 radical (unpaired) electrons. The van der Waals surface area contributed by atoms with Crippen LogP contribution < -0.4 is 20.7 Å². The third kappa shape index (κ3) is 13.6. The van der Waals surface area contributed by atoms with Crippen molar-refractivity contribution in [2.24, 2.45) is 5.92 Å². The number of hydrogen-bond donors (Lipinski definition) is 5. The second-order valence-corrected chi connectivity index (χ2v) is 12.3. The van der Waals surface area contributed by atoms with E-state index in [2.05, 4.69) is 20.7 Å². The smallest absolute Gasteiger partial charge is 0.343 e. The van der Waals surface area contributed by atoms with Gasteiger partial charge >= 0.3 is 17.9 Å². The van der Waals surface area contributed by atoms with Crippen LogP contribution >= 0.6 is 0 Å². The fourth-order valence-electron chi connectivity index (χ4n) is 5.50. The number of rotatable bonds is 24. The Morgan fingerprint density at radius 3 is 2.31 bits per heavy atom. The zero-order valence-corrected chi connectivity index (χ0v) is 30.8. The number of benzene rings is 2. The van der Waals surface area contributed by atoms with E-state index in [0.29, 0.717) is 19.3 Å². The maximum Gasteiger partial charge on any atom is 0.343 e. The number of carboxylic acids is 2. The molecule has 0 saturated heterocycles. The Kier molecular flexibility index (Phi) is 17.3. The average molecular weight is 767 g/mol. The van der Waals surface area contributed by atoms with Crippen LogP contribution in [0.4, 0.5) is 0 Å². The molecule has 0 saturated carbocycles. The van der Waals surface area contributed by atoms with Gasteiger partial charge in [-0.3, -0.25) is 28.8 Å². The molecule has 2 aromatic carbocycles. The van der Waals surface area contributed by atoms with Gasteiger partial charge in [-0.2, -0.15) is 0 Å². The van der Waals surface area contributed by atoms with Gasteiger partial charge in [-0.25, -0.2) is 14.7 Å². The standard InChI is InChI=1S/C38H46N4O13/c1-4-6-8-13-28(30(5-2)42(23-43)54-20-24-11-9-7-10-12-24)36(48)39-22-40-37(49)32-15-14-31(55-32)25-16-26(18-27(17-25)53-21-34(46)52-3)35(47)41-29(38(50)51)19-33(44)45/h7,9-12,14-18,23,28-30H,4-6,8,13,19-22H2,1-3H3,(H,39,48)(H,40,49)(H,41,47)(H,44,45)(H,50,51)/t28-,29?,30-/m1/s1. The molecule has 3 aromatic rings. The van der Waals surface area contributed by atoms with Crippen LogP contribution in [0.1, 0.15) is 78.8 Å². The van der Waals surface area contributed by atoms with Crippen molar-refractivity contribution in [3.8, 4) is 17.1 Å². The minimum absolute atomic E-state index is 0.0271. The second-order valence-electron chi connectivity index (χ2n) is 12.3. The van der Waals surface area contributed by atoms with E-state index in [-0.39, 0.29) is 47.6 Å². The lowest BCUT2D eigenvalue weighted by Gasteiger charge is -2.32. The van der Waals surface area contributed by atoms with Crippen molar-refractivity contribution in [1.82, 2.24) is 21.0 Å². The monoisotopic (exact) mass is 766 g/mol. The van der Waals surface area contributed by atoms with Crippen molar-refractivity contribution in [3.05, 3.63) is 77.6 Å². The summed E-state index contributed by atoms with van der Waals surface area (Å²) in [6.07, 6.45) is 3.12. The maximum atomic E-state index is 13.5. The van der Waals surface area contributed by atoms with Gasteiger partial charge in [0.2, 0.25) is 12.3 Å². The molecule has 5 N–H and O–H groups in total. The molecule has 3 atom stereocenters. The Morgan fingerprint density at radius 1 is 0.927 bits per heavy atom. The predicted octanol–water partition coefficient (Wildman–Crippen LogP) is 3.52. The number of nitrogens with zero attached hydrogens (tertiary/aromatic N) is 1. The Bertz CT molecular complexity index is 1780. The van der Waals surface area contributed by atoms with Gasteiger partial charge in [0.05, 0.1) is 32.2 Å². The summed E-state index contributed by atoms with van der Waals surface area (Å²) in [5.41, 5.74) is 0.865. The first-order valence-corrected chi connectivity index (χ1v) is 17.6. The fourth-order valence-corrected chi connectivity index (χ4v) is 5.50. The molecule has 3 rings (SSSR count). The number of carboxylic acid groups (broad SMARTS) is 2. The number of esters is 1. The van der Waals surface area contributed by atoms with E-state index < -0.39 is 60.8 Å². The number of amides is 4. The number of hydrogen-bond acceptors (Lipinski definition) is 11. The third-order valence-electron chi connectivity index (χ3n) is 8.35. The molecule has 4 amide bonds. The molecule has 55 heavy (non-hydrogen) atoms. The molecule has 1 unspecified atom stereocenters. The Balaban J connectivity index is 1.74. The minimum atomic E-state index is -1.75. The number of carbonyl (C=O) groups is 7. The summed E-state index contributed by atoms with van der Waals surface area (Å²) in [6, 6.07) is 13.6. The number of furan rings is 1. The summed E-state index contributed by atoms with van der Waals surface area (Å²) >= 11 is 0. The van der Waals surface area contributed by atoms with E-state index in [1.54, 1.807) is 0 Å². The van der Waals surface area contributed by atoms with Crippen molar-refractivity contribution in [2.45, 2.75) is 71.1 Å². The zero-order chi connectivity index (χ0) is 40.3. The number of nitrogens with one attached hydrogen (secondary N) is 3. The molecule has 17 nitrogen and oxygen atoms in total. The summed E-state index contributed by atoms with van der Waals surface area (Å²) < 4.78 is 15.7. The van der Waals surface area contributed by atoms with E-state index in [9.17, 15) is 38.7 Å². The number of carbonyl (C=O) groups excluding carboxylic acids is 5. The molecule has 0 aliphatic heterocycles. The lowest BCUT2D eigenvalue weighted by molar-refractivity contribution is -0.200. The van der Waals surface area contributed by atoms with Crippen LogP contribution in [0.15, 0.2) is 65.1 Å². The van der Waals surface area contributed by atoms with E-state index in [1.165, 1.54) is 35.4 Å². The molecular weight excluding hydrogens is 720 g/mol. The molecule has 0 fully saturated rings. The first kappa shape index (κ1) is 43.2. The quantitative estimate of drug-likeness (QED) is 0.0289. The summed E-state index contributed by atoms with van der Waals surface area (Å²) in [6.45, 7) is 3.21. The van der Waals surface area contributed by atoms with Crippen LogP contribution in [0.5, 0.6) is 5.75 Å². The minimum Gasteiger partial charge on any atom is -0.482 e. The lowest BCUT2D eigenvalue weighted by atomic mass is 9.90. The molecule has 296 valence electrons. The van der Waals surface area contributed by atoms with Crippen LogP contribution in [0, 0.1) is 5.92 Å². The maximum absolute atomic E-state index is 13.5. The molecule has 0 bridgehead atoms. The Morgan fingerprint density at radius 2 is 1.67 bits per heavy atom. The Hall–Kier alpha value is -6.23. The van der Waals surface area contributed by atoms with Gasteiger partial charge in [-0.1, -0.05) is 63.4 Å². The largest absolute Gasteiger partial charge is 0.482 e. The third-order valence-corrected chi connectivity index (χ3v) is 8.35. The van der Waals surface area contributed by atoms with Crippen molar-refractivity contribution in [1.29, 1.82) is 0 Å². The Labute approximate surface area is 317 Å². The van der Waals surface area contributed by atoms with Crippen LogP contribution in [0.3, 0.4) is 0 Å². The number of ether oxygens (including phenoxy) is 2. The summed E-state index contributed by atoms with van der Waals surface area (Å²) in [5, 5.41) is 27.0. The van der Waals surface area contributed by atoms with Crippen molar-refractivity contribution < 1.29 is 62.5 Å². The molecule has 0 spiro atoms. The normalized spacial score (nSPS) is 12.3. The lowest BCUT2D eigenvalue weighted by Crippen LogP contribution is -2.48. The second kappa shape index (κ2) is 22.1. The highest BCUT2D eigenvalue weighted by atomic mass is 16.7. The van der Waals surface area contributed by atoms with E-state index >= 15 is 0 Å². The van der Waals surface area contributed by atoms with E-state index in [0.717, 1.165) is 31.9 Å². The highest BCUT2D eigenvalue weighted by Gasteiger charge is 2.32. The van der Waals surface area contributed by atoms with Gasteiger partial charge in [-0.15, -0.1) is 0 Å². The van der Waals surface area contributed by atoms with Crippen molar-refractivity contribution >= 4 is 42.0 Å². The predicted molar refractivity (Wildman–Crippen MR) is 194 cm³/mol. The van der Waals surface area contributed by atoms with E-state index in [1.807, 2.05) is 44.2 Å². The number of methoxy groups -OCH3 is 1. The van der Waals surface area contributed by atoms with Gasteiger partial charge in [0, 0.05) is 11.1 Å². The summed E-state index contributed by atoms with van der Waals surface area (Å²) in [5.74, 6) is -6.57. The first-order valence-electron chi connectivity index (χ1n) is 17.6. The van der Waals surface area contributed by atoms with Gasteiger partial charge in [-0.05, 0) is 48.7 Å². The first-order chi connectivity index (χ1) is 26.4. The van der Waals surface area contributed by atoms with Gasteiger partial charge in [0.1, 0.15) is 24.2 Å². The fraction of sp³-hybridized carbons (Fsp3) is 0.395. The van der Waals surface area contributed by atoms with Crippen LogP contribution in [-0.4, -0.2) is 89.8 Å². The van der Waals surface area contributed by atoms with Gasteiger partial charge in [0.25, 0.3) is 11.8 Å². The molecular formula is C38H46N4O13. The SMILES string of the molecule is CCCCC[C@@H](C(=O)NCNC(=O)c1ccc(-c2cc(OCC(=O)OC)cc(C(=O)NC(CC(=O)O)C(=O)O)c2)o1)[C@@H](CC)N(C=O)OCc1ccccc1. The van der Waals surface area contributed by atoms with Crippen LogP contribution in [0.25, 0.3) is 11.3 Å². The molecule has 0 aliphatic rings. The van der Waals surface area contributed by atoms with E-state index in [4.69, 9.17) is 19.1 Å². The number of unbranched alkanes of at least 4 members (excludes halogenated alkanes) is 2.